The van der Waals surface area contributed by atoms with Crippen LogP contribution >= 0.6 is 0 Å². The van der Waals surface area contributed by atoms with Gasteiger partial charge < -0.3 is 10.0 Å². The highest BCUT2D eigenvalue weighted by atomic mass is 32.2. The predicted molar refractivity (Wildman–Crippen MR) is 93.8 cm³/mol. The van der Waals surface area contributed by atoms with Gasteiger partial charge in [0.25, 0.3) is 5.91 Å². The molecule has 25 heavy (non-hydrogen) atoms. The minimum atomic E-state index is -3.27. The standard InChI is InChI=1S/C18H19NO5S/c1-19(2)17(20)14-9-13(10-15(11-14)18(21)22)8-12-4-6-16(7-5-12)25(3,23)24/h4-7,9-11H,8H2,1-3H3,(H,21,22). The van der Waals surface area contributed by atoms with Gasteiger partial charge in [0.1, 0.15) is 0 Å². The number of amides is 1. The molecule has 2 rings (SSSR count). The zero-order valence-corrected chi connectivity index (χ0v) is 15.0. The molecule has 0 aromatic heterocycles. The monoisotopic (exact) mass is 361 g/mol. The van der Waals surface area contributed by atoms with E-state index in [-0.39, 0.29) is 16.4 Å². The average Bonchev–Trinajstić information content (AvgIpc) is 2.53. The van der Waals surface area contributed by atoms with Crippen molar-refractivity contribution in [2.75, 3.05) is 20.4 Å². The highest BCUT2D eigenvalue weighted by molar-refractivity contribution is 7.90. The third-order valence-corrected chi connectivity index (χ3v) is 4.78. The van der Waals surface area contributed by atoms with Gasteiger partial charge >= 0.3 is 5.97 Å². The van der Waals surface area contributed by atoms with E-state index in [0.717, 1.165) is 11.8 Å². The number of carbonyl (C=O) groups is 2. The van der Waals surface area contributed by atoms with Crippen molar-refractivity contribution in [3.8, 4) is 0 Å². The molecule has 7 heteroatoms. The van der Waals surface area contributed by atoms with Crippen LogP contribution in [-0.4, -0.2) is 50.7 Å². The van der Waals surface area contributed by atoms with Crippen LogP contribution in [0.15, 0.2) is 47.4 Å². The Bertz CT molecular complexity index is 915. The Morgan fingerprint density at radius 2 is 1.52 bits per heavy atom. The van der Waals surface area contributed by atoms with E-state index < -0.39 is 15.8 Å². The lowest BCUT2D eigenvalue weighted by molar-refractivity contribution is 0.0696. The summed E-state index contributed by atoms with van der Waals surface area (Å²) in [7, 11) is -0.0726. The fourth-order valence-electron chi connectivity index (χ4n) is 2.39. The maximum Gasteiger partial charge on any atom is 0.335 e. The number of carboxylic acid groups (broad SMARTS) is 1. The van der Waals surface area contributed by atoms with Gasteiger partial charge in [-0.25, -0.2) is 13.2 Å². The summed E-state index contributed by atoms with van der Waals surface area (Å²) in [5.74, 6) is -1.39. The molecule has 0 heterocycles. The molecule has 0 unspecified atom stereocenters. The SMILES string of the molecule is CN(C)C(=O)c1cc(Cc2ccc(S(C)(=O)=O)cc2)cc(C(=O)O)c1. The lowest BCUT2D eigenvalue weighted by atomic mass is 9.99. The van der Waals surface area contributed by atoms with Crippen molar-refractivity contribution in [2.24, 2.45) is 0 Å². The molecule has 0 aliphatic rings. The van der Waals surface area contributed by atoms with Crippen molar-refractivity contribution >= 4 is 21.7 Å². The van der Waals surface area contributed by atoms with Gasteiger partial charge in [-0.2, -0.15) is 0 Å². The van der Waals surface area contributed by atoms with E-state index in [9.17, 15) is 23.1 Å². The van der Waals surface area contributed by atoms with Crippen LogP contribution in [-0.2, 0) is 16.3 Å². The predicted octanol–water partition coefficient (Wildman–Crippen LogP) is 2.08. The van der Waals surface area contributed by atoms with E-state index in [1.54, 1.807) is 32.3 Å². The summed E-state index contributed by atoms with van der Waals surface area (Å²) in [6.45, 7) is 0. The van der Waals surface area contributed by atoms with Crippen molar-refractivity contribution in [2.45, 2.75) is 11.3 Å². The first-order valence-corrected chi connectivity index (χ1v) is 9.35. The third kappa shape index (κ3) is 4.67. The van der Waals surface area contributed by atoms with E-state index >= 15 is 0 Å². The second-order valence-electron chi connectivity index (χ2n) is 6.02. The van der Waals surface area contributed by atoms with Crippen molar-refractivity contribution in [3.63, 3.8) is 0 Å². The lowest BCUT2D eigenvalue weighted by Crippen LogP contribution is -2.22. The molecule has 2 aromatic rings. The molecule has 0 bridgehead atoms. The van der Waals surface area contributed by atoms with E-state index in [1.165, 1.54) is 29.2 Å². The molecule has 1 N–H and O–H groups in total. The van der Waals surface area contributed by atoms with Gasteiger partial charge in [-0.1, -0.05) is 12.1 Å². The van der Waals surface area contributed by atoms with Crippen LogP contribution in [0.4, 0.5) is 0 Å². The average molecular weight is 361 g/mol. The van der Waals surface area contributed by atoms with Crippen molar-refractivity contribution in [1.29, 1.82) is 0 Å². The van der Waals surface area contributed by atoms with Crippen molar-refractivity contribution in [3.05, 3.63) is 64.7 Å². The smallest absolute Gasteiger partial charge is 0.335 e. The minimum absolute atomic E-state index is 0.0375. The molecule has 132 valence electrons. The van der Waals surface area contributed by atoms with Gasteiger partial charge in [0.15, 0.2) is 9.84 Å². The Morgan fingerprint density at radius 1 is 0.960 bits per heavy atom. The number of carbonyl (C=O) groups excluding carboxylic acids is 1. The van der Waals surface area contributed by atoms with Crippen LogP contribution < -0.4 is 0 Å². The highest BCUT2D eigenvalue weighted by Gasteiger charge is 2.14. The Balaban J connectivity index is 2.38. The van der Waals surface area contributed by atoms with Gasteiger partial charge in [-0.15, -0.1) is 0 Å². The molecule has 0 aliphatic heterocycles. The van der Waals surface area contributed by atoms with Crippen LogP contribution in [0.3, 0.4) is 0 Å². The second kappa shape index (κ2) is 7.06. The molecule has 0 radical (unpaired) electrons. The summed E-state index contributed by atoms with van der Waals surface area (Å²) >= 11 is 0. The molecule has 6 nitrogen and oxygen atoms in total. The summed E-state index contributed by atoms with van der Waals surface area (Å²) in [6, 6.07) is 10.9. The fraction of sp³-hybridized carbons (Fsp3) is 0.222. The summed E-state index contributed by atoms with van der Waals surface area (Å²) < 4.78 is 23.0. The number of sulfone groups is 1. The zero-order chi connectivity index (χ0) is 18.8. The minimum Gasteiger partial charge on any atom is -0.478 e. The van der Waals surface area contributed by atoms with E-state index in [0.29, 0.717) is 17.5 Å². The van der Waals surface area contributed by atoms with E-state index in [4.69, 9.17) is 0 Å². The Hall–Kier alpha value is -2.67. The molecule has 0 spiro atoms. The molecular weight excluding hydrogens is 342 g/mol. The lowest BCUT2D eigenvalue weighted by Gasteiger charge is -2.12. The Kier molecular flexibility index (Phi) is 5.27. The zero-order valence-electron chi connectivity index (χ0n) is 14.2. The fourth-order valence-corrected chi connectivity index (χ4v) is 3.02. The molecule has 1 amide bonds. The number of rotatable bonds is 5. The maximum atomic E-state index is 12.1. The van der Waals surface area contributed by atoms with Crippen LogP contribution in [0.5, 0.6) is 0 Å². The van der Waals surface area contributed by atoms with Crippen LogP contribution in [0.25, 0.3) is 0 Å². The summed E-state index contributed by atoms with van der Waals surface area (Å²) in [4.78, 5) is 25.1. The van der Waals surface area contributed by atoms with Crippen molar-refractivity contribution < 1.29 is 23.1 Å². The van der Waals surface area contributed by atoms with Gasteiger partial charge in [-0.05, 0) is 47.9 Å². The molecule has 0 atom stereocenters. The first-order valence-electron chi connectivity index (χ1n) is 7.46. The quantitative estimate of drug-likeness (QED) is 0.880. The number of carboxylic acids is 1. The maximum absolute atomic E-state index is 12.1. The summed E-state index contributed by atoms with van der Waals surface area (Å²) in [5.41, 5.74) is 1.82. The molecule has 0 saturated heterocycles. The van der Waals surface area contributed by atoms with E-state index in [1.807, 2.05) is 0 Å². The molecule has 2 aromatic carbocycles. The summed E-state index contributed by atoms with van der Waals surface area (Å²) in [5, 5.41) is 9.25. The molecule has 0 saturated carbocycles. The van der Waals surface area contributed by atoms with Gasteiger partial charge in [0, 0.05) is 25.9 Å². The van der Waals surface area contributed by atoms with Crippen LogP contribution in [0.1, 0.15) is 31.8 Å². The van der Waals surface area contributed by atoms with Crippen LogP contribution in [0.2, 0.25) is 0 Å². The third-order valence-electron chi connectivity index (χ3n) is 3.65. The largest absolute Gasteiger partial charge is 0.478 e. The Labute approximate surface area is 146 Å². The second-order valence-corrected chi connectivity index (χ2v) is 8.03. The first kappa shape index (κ1) is 18.7. The normalized spacial score (nSPS) is 11.2. The number of benzene rings is 2. The molecule has 0 aliphatic carbocycles. The molecular formula is C18H19NO5S. The highest BCUT2D eigenvalue weighted by Crippen LogP contribution is 2.18. The number of nitrogens with zero attached hydrogens (tertiary/aromatic N) is 1. The van der Waals surface area contributed by atoms with E-state index in [2.05, 4.69) is 0 Å². The van der Waals surface area contributed by atoms with Gasteiger partial charge in [-0.3, -0.25) is 4.79 Å². The number of hydrogen-bond acceptors (Lipinski definition) is 4. The summed E-state index contributed by atoms with van der Waals surface area (Å²) in [6.07, 6.45) is 1.52. The first-order chi connectivity index (χ1) is 11.6. The van der Waals surface area contributed by atoms with Gasteiger partial charge in [0.2, 0.25) is 0 Å². The number of hydrogen-bond donors (Lipinski definition) is 1. The molecule has 0 fully saturated rings. The van der Waals surface area contributed by atoms with Gasteiger partial charge in [0.05, 0.1) is 10.5 Å². The number of aromatic carboxylic acids is 1. The van der Waals surface area contributed by atoms with Crippen LogP contribution in [0, 0.1) is 0 Å². The topological polar surface area (TPSA) is 91.8 Å². The van der Waals surface area contributed by atoms with Crippen molar-refractivity contribution in [1.82, 2.24) is 4.90 Å². The Morgan fingerprint density at radius 3 is 2.00 bits per heavy atom.